The zero-order valence-corrected chi connectivity index (χ0v) is 17.2. The highest BCUT2D eigenvalue weighted by Crippen LogP contribution is 2.36. The standard InChI is InChI=1S/C22H21FN4O2S/c1-12(21(25)29)27(17-9-7-16(23)8-10-17)22-26-20(24)19(30-22)18(28)15-6-5-13-3-2-4-14(13)11-15/h5-12H,2-4,24H2,1H3,(H2,25,29). The zero-order chi connectivity index (χ0) is 21.4. The Hall–Kier alpha value is -3.26. The first-order chi connectivity index (χ1) is 14.3. The summed E-state index contributed by atoms with van der Waals surface area (Å²) in [5.74, 6) is -1.11. The molecule has 1 amide bonds. The van der Waals surface area contributed by atoms with Crippen molar-refractivity contribution >= 4 is 39.7 Å². The lowest BCUT2D eigenvalue weighted by molar-refractivity contribution is -0.118. The van der Waals surface area contributed by atoms with E-state index in [2.05, 4.69) is 4.98 Å². The van der Waals surface area contributed by atoms with Gasteiger partial charge in [-0.3, -0.25) is 9.59 Å². The van der Waals surface area contributed by atoms with E-state index in [1.807, 2.05) is 18.2 Å². The predicted octanol–water partition coefficient (Wildman–Crippen LogP) is 3.60. The molecule has 4 N–H and O–H groups in total. The highest BCUT2D eigenvalue weighted by atomic mass is 32.1. The van der Waals surface area contributed by atoms with Crippen molar-refractivity contribution in [1.82, 2.24) is 4.98 Å². The van der Waals surface area contributed by atoms with Crippen molar-refractivity contribution < 1.29 is 14.0 Å². The average molecular weight is 425 g/mol. The van der Waals surface area contributed by atoms with Crippen LogP contribution < -0.4 is 16.4 Å². The van der Waals surface area contributed by atoms with E-state index in [1.165, 1.54) is 35.4 Å². The molecule has 0 fully saturated rings. The van der Waals surface area contributed by atoms with Crippen LogP contribution in [0.15, 0.2) is 42.5 Å². The number of carbonyl (C=O) groups is 2. The highest BCUT2D eigenvalue weighted by molar-refractivity contribution is 7.18. The number of hydrogen-bond donors (Lipinski definition) is 2. The number of aryl methyl sites for hydroxylation is 2. The molecular formula is C22H21FN4O2S. The molecule has 1 atom stereocenters. The lowest BCUT2D eigenvalue weighted by Gasteiger charge is -2.26. The summed E-state index contributed by atoms with van der Waals surface area (Å²) in [5, 5.41) is 0.343. The number of carbonyl (C=O) groups excluding carboxylic acids is 2. The molecule has 2 aromatic carbocycles. The van der Waals surface area contributed by atoms with Crippen molar-refractivity contribution in [3.05, 3.63) is 69.8 Å². The highest BCUT2D eigenvalue weighted by Gasteiger charge is 2.27. The van der Waals surface area contributed by atoms with Crippen molar-refractivity contribution in [2.45, 2.75) is 32.2 Å². The smallest absolute Gasteiger partial charge is 0.240 e. The van der Waals surface area contributed by atoms with Crippen LogP contribution in [-0.4, -0.2) is 22.7 Å². The summed E-state index contributed by atoms with van der Waals surface area (Å²) in [6.45, 7) is 1.62. The number of benzene rings is 2. The van der Waals surface area contributed by atoms with Gasteiger partial charge in [0.15, 0.2) is 5.13 Å². The van der Waals surface area contributed by atoms with Crippen molar-refractivity contribution in [3.8, 4) is 0 Å². The molecule has 154 valence electrons. The summed E-state index contributed by atoms with van der Waals surface area (Å²) >= 11 is 1.09. The molecule has 30 heavy (non-hydrogen) atoms. The van der Waals surface area contributed by atoms with Crippen molar-refractivity contribution in [3.63, 3.8) is 0 Å². The van der Waals surface area contributed by atoms with Crippen LogP contribution in [0.3, 0.4) is 0 Å². The zero-order valence-electron chi connectivity index (χ0n) is 16.4. The molecule has 0 radical (unpaired) electrons. The third-order valence-corrected chi connectivity index (χ3v) is 6.39. The van der Waals surface area contributed by atoms with Gasteiger partial charge in [0.1, 0.15) is 22.6 Å². The maximum atomic E-state index is 13.4. The first-order valence-electron chi connectivity index (χ1n) is 9.62. The summed E-state index contributed by atoms with van der Waals surface area (Å²) < 4.78 is 13.4. The van der Waals surface area contributed by atoms with Gasteiger partial charge in [0.25, 0.3) is 0 Å². The molecule has 4 rings (SSSR count). The summed E-state index contributed by atoms with van der Waals surface area (Å²) in [5.41, 5.74) is 15.2. The minimum atomic E-state index is -0.774. The Morgan fingerprint density at radius 1 is 1.13 bits per heavy atom. The van der Waals surface area contributed by atoms with Gasteiger partial charge in [-0.1, -0.05) is 23.5 Å². The summed E-state index contributed by atoms with van der Waals surface area (Å²) in [6.07, 6.45) is 3.10. The Balaban J connectivity index is 1.72. The van der Waals surface area contributed by atoms with Gasteiger partial charge in [-0.2, -0.15) is 0 Å². The second-order valence-electron chi connectivity index (χ2n) is 7.30. The van der Waals surface area contributed by atoms with Crippen LogP contribution in [0.2, 0.25) is 0 Å². The van der Waals surface area contributed by atoms with Crippen LogP contribution in [0.5, 0.6) is 0 Å². The van der Waals surface area contributed by atoms with Gasteiger partial charge in [0.05, 0.1) is 0 Å². The number of hydrogen-bond acceptors (Lipinski definition) is 6. The monoisotopic (exact) mass is 424 g/mol. The lowest BCUT2D eigenvalue weighted by atomic mass is 10.0. The lowest BCUT2D eigenvalue weighted by Crippen LogP contribution is -2.39. The van der Waals surface area contributed by atoms with Gasteiger partial charge in [-0.15, -0.1) is 0 Å². The van der Waals surface area contributed by atoms with Gasteiger partial charge in [-0.05, 0) is 67.6 Å². The molecule has 1 unspecified atom stereocenters. The van der Waals surface area contributed by atoms with Crippen molar-refractivity contribution in [2.75, 3.05) is 10.6 Å². The SMILES string of the molecule is CC(C(N)=O)N(c1ccc(F)cc1)c1nc(N)c(C(=O)c2ccc3c(c2)CCC3)s1. The topological polar surface area (TPSA) is 102 Å². The summed E-state index contributed by atoms with van der Waals surface area (Å²) in [6, 6.07) is 10.6. The summed E-state index contributed by atoms with van der Waals surface area (Å²) in [7, 11) is 0. The van der Waals surface area contributed by atoms with Crippen LogP contribution >= 0.6 is 11.3 Å². The van der Waals surface area contributed by atoms with Crippen molar-refractivity contribution in [2.24, 2.45) is 5.73 Å². The number of halogens is 1. The maximum Gasteiger partial charge on any atom is 0.240 e. The van der Waals surface area contributed by atoms with E-state index in [1.54, 1.807) is 11.8 Å². The Kier molecular flexibility index (Phi) is 5.26. The number of primary amides is 1. The third-order valence-electron chi connectivity index (χ3n) is 5.32. The van der Waals surface area contributed by atoms with Gasteiger partial charge in [0, 0.05) is 11.3 Å². The number of aromatic nitrogens is 1. The number of fused-ring (bicyclic) bond motifs is 1. The van der Waals surface area contributed by atoms with E-state index in [0.717, 1.165) is 30.6 Å². The number of anilines is 3. The van der Waals surface area contributed by atoms with E-state index in [0.29, 0.717) is 21.3 Å². The number of ketones is 1. The Labute approximate surface area is 177 Å². The molecule has 1 aliphatic carbocycles. The Morgan fingerprint density at radius 3 is 2.53 bits per heavy atom. The minimum absolute atomic E-state index is 0.0873. The minimum Gasteiger partial charge on any atom is -0.382 e. The first kappa shape index (κ1) is 20.0. The molecule has 0 aliphatic heterocycles. The number of nitrogens with two attached hydrogens (primary N) is 2. The molecule has 1 aliphatic rings. The number of thiazole rings is 1. The molecule has 3 aromatic rings. The van der Waals surface area contributed by atoms with Crippen LogP contribution in [0.4, 0.5) is 21.0 Å². The van der Waals surface area contributed by atoms with Crippen LogP contribution in [-0.2, 0) is 17.6 Å². The molecule has 1 heterocycles. The molecular weight excluding hydrogens is 403 g/mol. The molecule has 1 aromatic heterocycles. The number of nitrogen functional groups attached to an aromatic ring is 1. The Morgan fingerprint density at radius 2 is 1.83 bits per heavy atom. The molecule has 8 heteroatoms. The fourth-order valence-electron chi connectivity index (χ4n) is 3.66. The van der Waals surface area contributed by atoms with Crippen LogP contribution in [0.25, 0.3) is 0 Å². The van der Waals surface area contributed by atoms with Gasteiger partial charge in [0.2, 0.25) is 11.7 Å². The fourth-order valence-corrected chi connectivity index (χ4v) is 4.71. The van der Waals surface area contributed by atoms with Gasteiger partial charge >= 0.3 is 0 Å². The van der Waals surface area contributed by atoms with E-state index in [4.69, 9.17) is 11.5 Å². The quantitative estimate of drug-likeness (QED) is 0.589. The number of amides is 1. The number of nitrogens with zero attached hydrogens (tertiary/aromatic N) is 2. The van der Waals surface area contributed by atoms with E-state index < -0.39 is 17.8 Å². The predicted molar refractivity (Wildman–Crippen MR) is 116 cm³/mol. The largest absolute Gasteiger partial charge is 0.382 e. The molecule has 0 saturated carbocycles. The normalized spacial score (nSPS) is 13.7. The molecule has 0 bridgehead atoms. The maximum absolute atomic E-state index is 13.4. The molecule has 0 saturated heterocycles. The average Bonchev–Trinajstić information content (AvgIpc) is 3.34. The fraction of sp³-hybridized carbons (Fsp3) is 0.227. The van der Waals surface area contributed by atoms with Crippen molar-refractivity contribution in [1.29, 1.82) is 0 Å². The van der Waals surface area contributed by atoms with E-state index in [9.17, 15) is 14.0 Å². The molecule has 0 spiro atoms. The molecule has 6 nitrogen and oxygen atoms in total. The second kappa shape index (κ2) is 7.87. The van der Waals surface area contributed by atoms with Gasteiger partial charge in [-0.25, -0.2) is 9.37 Å². The summed E-state index contributed by atoms with van der Waals surface area (Å²) in [4.78, 5) is 31.2. The van der Waals surface area contributed by atoms with E-state index in [-0.39, 0.29) is 11.6 Å². The van der Waals surface area contributed by atoms with Crippen LogP contribution in [0.1, 0.15) is 39.7 Å². The Bertz CT molecular complexity index is 1130. The van der Waals surface area contributed by atoms with Gasteiger partial charge < -0.3 is 16.4 Å². The third kappa shape index (κ3) is 3.66. The number of rotatable bonds is 6. The second-order valence-corrected chi connectivity index (χ2v) is 8.28. The van der Waals surface area contributed by atoms with E-state index >= 15 is 0 Å². The first-order valence-corrected chi connectivity index (χ1v) is 10.4. The van der Waals surface area contributed by atoms with Crippen LogP contribution in [0, 0.1) is 5.82 Å².